The van der Waals surface area contributed by atoms with Gasteiger partial charge < -0.3 is 5.73 Å². The average molecular weight is 383 g/mol. The van der Waals surface area contributed by atoms with Crippen molar-refractivity contribution >= 4 is 39.2 Å². The Morgan fingerprint density at radius 3 is 2.59 bits per heavy atom. The molecule has 0 aliphatic carbocycles. The maximum atomic E-state index is 11.2. The number of rotatable bonds is 6. The molecule has 1 aromatic carbocycles. The Kier molecular flexibility index (Phi) is 5.73. The smallest absolute Gasteiger partial charge is 0.332 e. The molecule has 0 saturated carbocycles. The highest BCUT2D eigenvalue weighted by Crippen LogP contribution is 2.28. The molecule has 0 atom stereocenters. The largest absolute Gasteiger partial charge is 0.378 e. The number of hydrogen-bond acceptors (Lipinski definition) is 6. The van der Waals surface area contributed by atoms with Gasteiger partial charge in [-0.1, -0.05) is 46.7 Å². The molecule has 2 aromatic rings. The number of nitrogen functional groups attached to an aromatic ring is 1. The Balaban J connectivity index is 2.39. The summed E-state index contributed by atoms with van der Waals surface area (Å²) in [7, 11) is 0. The highest BCUT2D eigenvalue weighted by molar-refractivity contribution is 9.10. The van der Waals surface area contributed by atoms with Crippen LogP contribution in [-0.2, 0) is 6.42 Å². The topological polar surface area (TPSA) is 94.9 Å². The predicted molar refractivity (Wildman–Crippen MR) is 91.1 cm³/mol. The highest BCUT2D eigenvalue weighted by Gasteiger charge is 2.23. The summed E-state index contributed by atoms with van der Waals surface area (Å²) in [6, 6.07) is 7.56. The van der Waals surface area contributed by atoms with Crippen molar-refractivity contribution in [3.05, 3.63) is 50.1 Å². The first-order valence-electron chi connectivity index (χ1n) is 6.69. The van der Waals surface area contributed by atoms with Crippen LogP contribution in [0.15, 0.2) is 33.9 Å². The van der Waals surface area contributed by atoms with E-state index in [0.717, 1.165) is 22.2 Å². The molecular formula is C14H15BrN4O2S. The van der Waals surface area contributed by atoms with E-state index in [1.54, 1.807) is 0 Å². The van der Waals surface area contributed by atoms with Gasteiger partial charge in [0.1, 0.15) is 5.69 Å². The van der Waals surface area contributed by atoms with Gasteiger partial charge in [0.25, 0.3) is 0 Å². The first kappa shape index (κ1) is 16.7. The lowest BCUT2D eigenvalue weighted by atomic mass is 10.1. The molecule has 1 heterocycles. The van der Waals surface area contributed by atoms with Crippen molar-refractivity contribution in [3.63, 3.8) is 0 Å². The molecule has 0 bridgehead atoms. The lowest BCUT2D eigenvalue weighted by Crippen LogP contribution is -2.07. The Hall–Kier alpha value is -1.67. The zero-order valence-electron chi connectivity index (χ0n) is 12.0. The Labute approximate surface area is 140 Å². The summed E-state index contributed by atoms with van der Waals surface area (Å²) >= 11 is 4.81. The second kappa shape index (κ2) is 7.55. The minimum absolute atomic E-state index is 0.0780. The van der Waals surface area contributed by atoms with E-state index in [9.17, 15) is 10.1 Å². The quantitative estimate of drug-likeness (QED) is 0.353. The number of halogens is 1. The average Bonchev–Trinajstić information content (AvgIpc) is 2.46. The van der Waals surface area contributed by atoms with Gasteiger partial charge in [0.15, 0.2) is 5.16 Å². The molecule has 8 heteroatoms. The van der Waals surface area contributed by atoms with E-state index in [1.807, 2.05) is 31.2 Å². The van der Waals surface area contributed by atoms with Crippen LogP contribution in [0, 0.1) is 10.1 Å². The molecule has 0 spiro atoms. The van der Waals surface area contributed by atoms with Gasteiger partial charge in [-0.15, -0.1) is 0 Å². The standard InChI is InChI=1S/C14H15BrN4O2S/c1-2-7-22-14-17-11(12(19(20)21)13(16)18-14)8-9-3-5-10(15)6-4-9/h3-6H,2,7-8H2,1H3,(H2,16,17,18). The highest BCUT2D eigenvalue weighted by atomic mass is 79.9. The molecule has 2 N–H and O–H groups in total. The second-order valence-corrected chi connectivity index (χ2v) is 6.57. The zero-order valence-corrected chi connectivity index (χ0v) is 14.4. The number of thioether (sulfide) groups is 1. The summed E-state index contributed by atoms with van der Waals surface area (Å²) in [4.78, 5) is 19.1. The minimum atomic E-state index is -0.516. The molecule has 116 valence electrons. The normalized spacial score (nSPS) is 10.6. The monoisotopic (exact) mass is 382 g/mol. The maximum Gasteiger partial charge on any atom is 0.332 e. The van der Waals surface area contributed by atoms with Crippen molar-refractivity contribution in [2.75, 3.05) is 11.5 Å². The number of nitrogens with zero attached hydrogens (tertiary/aromatic N) is 3. The van der Waals surface area contributed by atoms with Gasteiger partial charge in [-0.05, 0) is 24.1 Å². The van der Waals surface area contributed by atoms with Crippen LogP contribution in [0.3, 0.4) is 0 Å². The van der Waals surface area contributed by atoms with Crippen molar-refractivity contribution in [2.45, 2.75) is 24.9 Å². The van der Waals surface area contributed by atoms with E-state index in [0.29, 0.717) is 17.3 Å². The molecule has 2 rings (SSSR count). The van der Waals surface area contributed by atoms with Crippen LogP contribution in [0.4, 0.5) is 11.5 Å². The fourth-order valence-corrected chi connectivity index (χ4v) is 2.86. The predicted octanol–water partition coefficient (Wildman–Crippen LogP) is 3.82. The molecule has 0 fully saturated rings. The van der Waals surface area contributed by atoms with Crippen LogP contribution < -0.4 is 5.73 Å². The number of benzene rings is 1. The molecule has 6 nitrogen and oxygen atoms in total. The first-order chi connectivity index (χ1) is 10.5. The van der Waals surface area contributed by atoms with Crippen LogP contribution >= 0.6 is 27.7 Å². The summed E-state index contributed by atoms with van der Waals surface area (Å²) in [6.07, 6.45) is 1.31. The Bertz CT molecular complexity index is 679. The van der Waals surface area contributed by atoms with Gasteiger partial charge in [0.05, 0.1) is 4.92 Å². The van der Waals surface area contributed by atoms with E-state index in [1.165, 1.54) is 11.8 Å². The summed E-state index contributed by atoms with van der Waals surface area (Å²) in [5.41, 5.74) is 6.83. The van der Waals surface area contributed by atoms with Crippen LogP contribution in [-0.4, -0.2) is 20.6 Å². The summed E-state index contributed by atoms with van der Waals surface area (Å²) in [5.74, 6) is 0.764. The fourth-order valence-electron chi connectivity index (χ4n) is 1.87. The Morgan fingerprint density at radius 1 is 1.32 bits per heavy atom. The molecule has 0 radical (unpaired) electrons. The number of nitro groups is 1. The van der Waals surface area contributed by atoms with E-state index in [2.05, 4.69) is 25.9 Å². The molecule has 0 amide bonds. The number of anilines is 1. The van der Waals surface area contributed by atoms with Crippen molar-refractivity contribution in [1.29, 1.82) is 0 Å². The van der Waals surface area contributed by atoms with Gasteiger partial charge in [-0.25, -0.2) is 4.98 Å². The minimum Gasteiger partial charge on any atom is -0.378 e. The summed E-state index contributed by atoms with van der Waals surface area (Å²) in [5, 5.41) is 11.7. The van der Waals surface area contributed by atoms with Gasteiger partial charge in [0.2, 0.25) is 5.82 Å². The maximum absolute atomic E-state index is 11.2. The third kappa shape index (κ3) is 4.17. The SMILES string of the molecule is CCCSc1nc(N)c([N+](=O)[O-])c(Cc2ccc(Br)cc2)n1. The van der Waals surface area contributed by atoms with Gasteiger partial charge >= 0.3 is 5.69 Å². The van der Waals surface area contributed by atoms with E-state index in [-0.39, 0.29) is 11.5 Å². The van der Waals surface area contributed by atoms with Crippen LogP contribution in [0.1, 0.15) is 24.6 Å². The zero-order chi connectivity index (χ0) is 16.1. The van der Waals surface area contributed by atoms with Crippen molar-refractivity contribution in [3.8, 4) is 0 Å². The summed E-state index contributed by atoms with van der Waals surface area (Å²) < 4.78 is 0.951. The number of aromatic nitrogens is 2. The summed E-state index contributed by atoms with van der Waals surface area (Å²) in [6.45, 7) is 2.05. The second-order valence-electron chi connectivity index (χ2n) is 4.60. The van der Waals surface area contributed by atoms with E-state index >= 15 is 0 Å². The molecule has 0 saturated heterocycles. The number of hydrogen-bond donors (Lipinski definition) is 1. The molecule has 22 heavy (non-hydrogen) atoms. The lowest BCUT2D eigenvalue weighted by Gasteiger charge is -2.07. The van der Waals surface area contributed by atoms with Gasteiger partial charge in [-0.3, -0.25) is 10.1 Å². The molecular weight excluding hydrogens is 368 g/mol. The fraction of sp³-hybridized carbons (Fsp3) is 0.286. The van der Waals surface area contributed by atoms with E-state index < -0.39 is 4.92 Å². The molecule has 0 aliphatic heterocycles. The van der Waals surface area contributed by atoms with Crippen molar-refractivity contribution in [1.82, 2.24) is 9.97 Å². The van der Waals surface area contributed by atoms with Crippen molar-refractivity contribution < 1.29 is 4.92 Å². The molecule has 0 unspecified atom stereocenters. The Morgan fingerprint density at radius 2 is 2.00 bits per heavy atom. The third-order valence-corrected chi connectivity index (χ3v) is 4.45. The van der Waals surface area contributed by atoms with Crippen molar-refractivity contribution in [2.24, 2.45) is 0 Å². The third-order valence-electron chi connectivity index (χ3n) is 2.87. The number of nitrogens with two attached hydrogens (primary N) is 1. The molecule has 0 aliphatic rings. The van der Waals surface area contributed by atoms with E-state index in [4.69, 9.17) is 5.73 Å². The molecule has 1 aromatic heterocycles. The lowest BCUT2D eigenvalue weighted by molar-refractivity contribution is -0.385. The van der Waals surface area contributed by atoms with Crippen LogP contribution in [0.5, 0.6) is 0 Å². The van der Waals surface area contributed by atoms with Gasteiger partial charge in [0, 0.05) is 16.6 Å². The van der Waals surface area contributed by atoms with Crippen LogP contribution in [0.25, 0.3) is 0 Å². The first-order valence-corrected chi connectivity index (χ1v) is 8.47. The van der Waals surface area contributed by atoms with Crippen LogP contribution in [0.2, 0.25) is 0 Å². The van der Waals surface area contributed by atoms with Gasteiger partial charge in [-0.2, -0.15) is 4.98 Å².